The van der Waals surface area contributed by atoms with Gasteiger partial charge in [0.05, 0.1) is 15.8 Å². The van der Waals surface area contributed by atoms with Crippen molar-refractivity contribution in [1.29, 1.82) is 0 Å². The van der Waals surface area contributed by atoms with E-state index in [0.717, 1.165) is 0 Å². The number of phenolic OH excluding ortho intramolecular Hbond substituents is 1. The number of hydrogen-bond donors (Lipinski definition) is 3. The average Bonchev–Trinajstić information content (AvgIpc) is 2.69. The Hall–Kier alpha value is -3.79. The van der Waals surface area contributed by atoms with Crippen LogP contribution < -0.4 is 10.9 Å². The minimum Gasteiger partial charge on any atom is -0.508 e. The first-order valence-electron chi connectivity index (χ1n) is 8.44. The highest BCUT2D eigenvalue weighted by Gasteiger charge is 2.13. The van der Waals surface area contributed by atoms with Crippen molar-refractivity contribution in [3.8, 4) is 5.75 Å². The highest BCUT2D eigenvalue weighted by Crippen LogP contribution is 2.22. The van der Waals surface area contributed by atoms with Gasteiger partial charge in [-0.1, -0.05) is 6.08 Å². The Kier molecular flexibility index (Phi) is 5.55. The van der Waals surface area contributed by atoms with Crippen LogP contribution in [0.25, 0.3) is 10.9 Å². The average molecular weight is 412 g/mol. The van der Waals surface area contributed by atoms with Crippen LogP contribution in [-0.4, -0.2) is 25.5 Å². The lowest BCUT2D eigenvalue weighted by atomic mass is 10.1. The lowest BCUT2D eigenvalue weighted by molar-refractivity contribution is -0.384. The van der Waals surface area contributed by atoms with E-state index in [1.807, 2.05) is 0 Å². The molecule has 0 atom stereocenters. The molecule has 0 aliphatic carbocycles. The van der Waals surface area contributed by atoms with Crippen LogP contribution in [0.15, 0.2) is 53.8 Å². The van der Waals surface area contributed by atoms with Gasteiger partial charge in [0, 0.05) is 36.3 Å². The molecule has 0 aliphatic rings. The molecule has 0 unspecified atom stereocenters. The first kappa shape index (κ1) is 20.0. The molecule has 0 saturated carbocycles. The van der Waals surface area contributed by atoms with Gasteiger partial charge in [0.25, 0.3) is 17.2 Å². The number of carbonyl (C=O) groups is 1. The number of nitrogens with zero attached hydrogens (tertiary/aromatic N) is 2. The minimum absolute atomic E-state index is 0.110. The van der Waals surface area contributed by atoms with E-state index in [1.54, 1.807) is 6.08 Å². The lowest BCUT2D eigenvalue weighted by Gasteiger charge is -2.09. The van der Waals surface area contributed by atoms with Gasteiger partial charge in [-0.05, 0) is 36.5 Å². The number of aromatic nitrogens is 2. The van der Waals surface area contributed by atoms with Crippen LogP contribution in [-0.2, 0) is 13.1 Å². The van der Waals surface area contributed by atoms with Gasteiger partial charge >= 0.3 is 0 Å². The van der Waals surface area contributed by atoms with Crippen LogP contribution in [0, 0.1) is 14.9 Å². The van der Waals surface area contributed by atoms with E-state index in [-0.39, 0.29) is 46.0 Å². The number of rotatable bonds is 6. The molecule has 29 heavy (non-hydrogen) atoms. The number of non-ortho nitro benzene ring substituents is 1. The minimum atomic E-state index is -0.588. The molecule has 3 aromatic rings. The Bertz CT molecular complexity index is 1260. The second-order valence-electron chi connectivity index (χ2n) is 6.15. The number of fused-ring (bicyclic) bond motifs is 1. The largest absolute Gasteiger partial charge is 0.508 e. The van der Waals surface area contributed by atoms with Crippen LogP contribution in [0.1, 0.15) is 15.9 Å². The summed E-state index contributed by atoms with van der Waals surface area (Å²) in [6.45, 7) is 3.75. The van der Waals surface area contributed by atoms with Gasteiger partial charge in [-0.3, -0.25) is 24.3 Å². The quantitative estimate of drug-likeness (QED) is 0.247. The van der Waals surface area contributed by atoms with E-state index in [1.165, 1.54) is 41.0 Å². The van der Waals surface area contributed by atoms with E-state index in [0.29, 0.717) is 10.9 Å². The molecular weight excluding hydrogens is 396 g/mol. The third-order valence-electron chi connectivity index (χ3n) is 4.27. The topological polar surface area (TPSA) is 130 Å². The molecule has 2 aromatic carbocycles. The molecule has 0 aliphatic heterocycles. The number of phenols is 1. The fourth-order valence-electron chi connectivity index (χ4n) is 2.80. The second-order valence-corrected chi connectivity index (χ2v) is 6.53. The maximum atomic E-state index is 12.5. The van der Waals surface area contributed by atoms with Crippen molar-refractivity contribution in [2.45, 2.75) is 13.1 Å². The molecule has 10 heteroatoms. The summed E-state index contributed by atoms with van der Waals surface area (Å²) in [6, 6.07) is 8.06. The molecule has 0 fully saturated rings. The number of aromatic amines is 1. The van der Waals surface area contributed by atoms with E-state index in [4.69, 9.17) is 12.2 Å². The van der Waals surface area contributed by atoms with Gasteiger partial charge in [-0.15, -0.1) is 6.58 Å². The van der Waals surface area contributed by atoms with Gasteiger partial charge in [0.1, 0.15) is 5.75 Å². The molecule has 0 spiro atoms. The molecule has 3 N–H and O–H groups in total. The summed E-state index contributed by atoms with van der Waals surface area (Å²) < 4.78 is 1.57. The third-order valence-corrected chi connectivity index (χ3v) is 4.59. The molecule has 3 rings (SSSR count). The molecule has 9 nitrogen and oxygen atoms in total. The molecule has 0 saturated heterocycles. The number of benzene rings is 2. The zero-order valence-electron chi connectivity index (χ0n) is 15.0. The molecule has 1 heterocycles. The van der Waals surface area contributed by atoms with Crippen LogP contribution in [0.2, 0.25) is 0 Å². The summed E-state index contributed by atoms with van der Waals surface area (Å²) in [5.74, 6) is -0.645. The van der Waals surface area contributed by atoms with E-state index in [2.05, 4.69) is 16.9 Å². The summed E-state index contributed by atoms with van der Waals surface area (Å²) in [6.07, 6.45) is 1.56. The SMILES string of the molecule is C=CCn1c(=S)[nH]c2cc(C(=O)NCc3cc([N+](=O)[O-])ccc3O)ccc2c1=O. The molecular formula is C19H16N4O5S. The van der Waals surface area contributed by atoms with Crippen molar-refractivity contribution in [1.82, 2.24) is 14.9 Å². The summed E-state index contributed by atoms with van der Waals surface area (Å²) in [4.78, 5) is 38.2. The number of nitrogens with one attached hydrogen (secondary N) is 2. The maximum Gasteiger partial charge on any atom is 0.270 e. The van der Waals surface area contributed by atoms with E-state index in [9.17, 15) is 24.8 Å². The van der Waals surface area contributed by atoms with Crippen molar-refractivity contribution in [3.63, 3.8) is 0 Å². The number of carbonyl (C=O) groups excluding carboxylic acids is 1. The zero-order valence-corrected chi connectivity index (χ0v) is 15.9. The monoisotopic (exact) mass is 412 g/mol. The normalized spacial score (nSPS) is 10.6. The number of nitro benzene ring substituents is 1. The Labute approximate surface area is 169 Å². The molecule has 1 aromatic heterocycles. The van der Waals surface area contributed by atoms with Gasteiger partial charge in [-0.2, -0.15) is 0 Å². The van der Waals surface area contributed by atoms with Crippen LogP contribution >= 0.6 is 12.2 Å². The first-order valence-corrected chi connectivity index (χ1v) is 8.85. The third kappa shape index (κ3) is 4.06. The van der Waals surface area contributed by atoms with Crippen LogP contribution in [0.5, 0.6) is 5.75 Å². The van der Waals surface area contributed by atoms with Crippen molar-refractivity contribution in [2.24, 2.45) is 0 Å². The smallest absolute Gasteiger partial charge is 0.270 e. The fourth-order valence-corrected chi connectivity index (χ4v) is 3.06. The second kappa shape index (κ2) is 8.07. The molecule has 0 bridgehead atoms. The predicted molar refractivity (Wildman–Crippen MR) is 110 cm³/mol. The standard InChI is InChI=1S/C19H16N4O5S/c1-2-7-22-18(26)14-5-3-11(9-15(14)21-19(22)29)17(25)20-10-12-8-13(23(27)28)4-6-16(12)24/h2-6,8-9,24H,1,7,10H2,(H,20,25)(H,21,29). The summed E-state index contributed by atoms with van der Waals surface area (Å²) in [7, 11) is 0. The van der Waals surface area contributed by atoms with Gasteiger partial charge < -0.3 is 15.4 Å². The predicted octanol–water partition coefficient (Wildman–Crippen LogP) is 2.79. The lowest BCUT2D eigenvalue weighted by Crippen LogP contribution is -2.24. The van der Waals surface area contributed by atoms with E-state index < -0.39 is 10.8 Å². The van der Waals surface area contributed by atoms with Crippen molar-refractivity contribution >= 4 is 34.7 Å². The van der Waals surface area contributed by atoms with Crippen LogP contribution in [0.3, 0.4) is 0 Å². The summed E-state index contributed by atoms with van der Waals surface area (Å²) in [5.41, 5.74) is 0.387. The van der Waals surface area contributed by atoms with Crippen molar-refractivity contribution in [2.75, 3.05) is 0 Å². The molecule has 1 amide bonds. The number of amides is 1. The number of H-pyrrole nitrogens is 1. The van der Waals surface area contributed by atoms with Gasteiger partial charge in [0.15, 0.2) is 4.77 Å². The maximum absolute atomic E-state index is 12.5. The van der Waals surface area contributed by atoms with Gasteiger partial charge in [0.2, 0.25) is 0 Å². The highest BCUT2D eigenvalue weighted by molar-refractivity contribution is 7.71. The van der Waals surface area contributed by atoms with Crippen molar-refractivity contribution in [3.05, 3.63) is 85.4 Å². The number of hydrogen-bond acceptors (Lipinski definition) is 6. The summed E-state index contributed by atoms with van der Waals surface area (Å²) in [5, 5.41) is 23.7. The Balaban J connectivity index is 1.87. The molecule has 148 valence electrons. The highest BCUT2D eigenvalue weighted by atomic mass is 32.1. The number of allylic oxidation sites excluding steroid dienone is 1. The summed E-state index contributed by atoms with van der Waals surface area (Å²) >= 11 is 5.18. The molecule has 0 radical (unpaired) electrons. The van der Waals surface area contributed by atoms with E-state index >= 15 is 0 Å². The van der Waals surface area contributed by atoms with Gasteiger partial charge in [-0.25, -0.2) is 0 Å². The number of aromatic hydroxyl groups is 1. The first-order chi connectivity index (χ1) is 13.8. The fraction of sp³-hybridized carbons (Fsp3) is 0.105. The Morgan fingerprint density at radius 1 is 1.34 bits per heavy atom. The van der Waals surface area contributed by atoms with Crippen LogP contribution in [0.4, 0.5) is 5.69 Å². The zero-order chi connectivity index (χ0) is 21.1. The Morgan fingerprint density at radius 3 is 2.79 bits per heavy atom. The Morgan fingerprint density at radius 2 is 2.10 bits per heavy atom. The van der Waals surface area contributed by atoms with Crippen molar-refractivity contribution < 1.29 is 14.8 Å². The number of nitro groups is 1.